The summed E-state index contributed by atoms with van der Waals surface area (Å²) in [5, 5.41) is 3.63. The molecular formula is C13H14FN3S. The van der Waals surface area contributed by atoms with E-state index in [-0.39, 0.29) is 11.9 Å². The van der Waals surface area contributed by atoms with Gasteiger partial charge in [-0.1, -0.05) is 6.07 Å². The zero-order valence-electron chi connectivity index (χ0n) is 10.2. The summed E-state index contributed by atoms with van der Waals surface area (Å²) >= 11 is 1.22. The van der Waals surface area contributed by atoms with Crippen molar-refractivity contribution in [3.05, 3.63) is 48.0 Å². The van der Waals surface area contributed by atoms with Crippen LogP contribution in [0.2, 0.25) is 0 Å². The van der Waals surface area contributed by atoms with Crippen molar-refractivity contribution >= 4 is 11.8 Å². The Balaban J connectivity index is 2.20. The zero-order valence-corrected chi connectivity index (χ0v) is 11.0. The van der Waals surface area contributed by atoms with Gasteiger partial charge in [-0.05, 0) is 49.5 Å². The third-order valence-corrected chi connectivity index (χ3v) is 3.58. The van der Waals surface area contributed by atoms with Gasteiger partial charge in [0.15, 0.2) is 5.16 Å². The molecule has 0 amide bonds. The van der Waals surface area contributed by atoms with E-state index in [1.165, 1.54) is 11.8 Å². The van der Waals surface area contributed by atoms with Crippen molar-refractivity contribution in [1.82, 2.24) is 15.3 Å². The van der Waals surface area contributed by atoms with Gasteiger partial charge in [-0.15, -0.1) is 0 Å². The van der Waals surface area contributed by atoms with Crippen LogP contribution >= 0.6 is 11.8 Å². The number of nitrogens with zero attached hydrogens (tertiary/aromatic N) is 2. The first-order valence-corrected chi connectivity index (χ1v) is 6.44. The lowest BCUT2D eigenvalue weighted by Crippen LogP contribution is -2.12. The van der Waals surface area contributed by atoms with E-state index in [9.17, 15) is 4.39 Å². The Kier molecular flexibility index (Phi) is 4.28. The van der Waals surface area contributed by atoms with Gasteiger partial charge in [-0.25, -0.2) is 14.4 Å². The molecule has 1 heterocycles. The van der Waals surface area contributed by atoms with Gasteiger partial charge in [0.2, 0.25) is 0 Å². The lowest BCUT2D eigenvalue weighted by Gasteiger charge is -2.11. The molecule has 0 aliphatic carbocycles. The normalized spacial score (nSPS) is 12.4. The Labute approximate surface area is 110 Å². The average molecular weight is 263 g/mol. The molecule has 0 aliphatic rings. The number of aromatic nitrogens is 2. The molecular weight excluding hydrogens is 249 g/mol. The van der Waals surface area contributed by atoms with Crippen LogP contribution in [0.25, 0.3) is 0 Å². The summed E-state index contributed by atoms with van der Waals surface area (Å²) in [7, 11) is 1.85. The summed E-state index contributed by atoms with van der Waals surface area (Å²) in [4.78, 5) is 8.66. The number of halogens is 1. The molecule has 5 heteroatoms. The van der Waals surface area contributed by atoms with E-state index in [4.69, 9.17) is 0 Å². The highest BCUT2D eigenvalue weighted by molar-refractivity contribution is 7.99. The maximum Gasteiger partial charge on any atom is 0.192 e. The molecule has 0 radical (unpaired) electrons. The molecule has 1 aromatic heterocycles. The molecule has 0 bridgehead atoms. The second-order valence-electron chi connectivity index (χ2n) is 3.83. The Morgan fingerprint density at radius 2 is 2.00 bits per heavy atom. The standard InChI is InChI=1S/C13H14FN3S/c1-9(15-2)10-4-5-12(11(14)8-10)18-13-16-6-3-7-17-13/h3-9,15H,1-2H3. The lowest BCUT2D eigenvalue weighted by atomic mass is 10.1. The van der Waals surface area contributed by atoms with Gasteiger partial charge in [0.1, 0.15) is 5.82 Å². The summed E-state index contributed by atoms with van der Waals surface area (Å²) in [6, 6.07) is 7.09. The van der Waals surface area contributed by atoms with Crippen molar-refractivity contribution in [2.75, 3.05) is 7.05 Å². The first-order chi connectivity index (χ1) is 8.70. The van der Waals surface area contributed by atoms with Gasteiger partial charge < -0.3 is 5.32 Å². The Morgan fingerprint density at radius 1 is 1.28 bits per heavy atom. The van der Waals surface area contributed by atoms with Gasteiger partial charge in [0.25, 0.3) is 0 Å². The summed E-state index contributed by atoms with van der Waals surface area (Å²) in [6.07, 6.45) is 3.29. The van der Waals surface area contributed by atoms with Crippen molar-refractivity contribution in [2.24, 2.45) is 0 Å². The van der Waals surface area contributed by atoms with E-state index >= 15 is 0 Å². The minimum absolute atomic E-state index is 0.131. The fraction of sp³-hybridized carbons (Fsp3) is 0.231. The number of rotatable bonds is 4. The van der Waals surface area contributed by atoms with Gasteiger partial charge in [0.05, 0.1) is 4.90 Å². The van der Waals surface area contributed by atoms with Crippen LogP contribution < -0.4 is 5.32 Å². The van der Waals surface area contributed by atoms with Crippen LogP contribution in [0, 0.1) is 5.82 Å². The van der Waals surface area contributed by atoms with Crippen molar-refractivity contribution in [1.29, 1.82) is 0 Å². The molecule has 1 aromatic carbocycles. The van der Waals surface area contributed by atoms with Crippen molar-refractivity contribution in [3.63, 3.8) is 0 Å². The summed E-state index contributed by atoms with van der Waals surface area (Å²) in [6.45, 7) is 1.99. The zero-order chi connectivity index (χ0) is 13.0. The van der Waals surface area contributed by atoms with Crippen LogP contribution in [0.4, 0.5) is 4.39 Å². The van der Waals surface area contributed by atoms with Gasteiger partial charge in [-0.2, -0.15) is 0 Å². The molecule has 0 spiro atoms. The van der Waals surface area contributed by atoms with Crippen LogP contribution in [0.5, 0.6) is 0 Å². The predicted octanol–water partition coefficient (Wildman–Crippen LogP) is 3.05. The van der Waals surface area contributed by atoms with E-state index in [0.717, 1.165) is 5.56 Å². The third kappa shape index (κ3) is 3.05. The third-order valence-electron chi connectivity index (χ3n) is 2.63. The Hall–Kier alpha value is -1.46. The number of hydrogen-bond acceptors (Lipinski definition) is 4. The molecule has 2 rings (SSSR count). The van der Waals surface area contributed by atoms with Gasteiger partial charge in [0, 0.05) is 18.4 Å². The highest BCUT2D eigenvalue weighted by Crippen LogP contribution is 2.28. The fourth-order valence-electron chi connectivity index (χ4n) is 1.47. The Bertz CT molecular complexity index is 519. The maximum atomic E-state index is 13.9. The minimum atomic E-state index is -0.243. The molecule has 0 saturated carbocycles. The molecule has 0 aliphatic heterocycles. The molecule has 1 atom stereocenters. The van der Waals surface area contributed by atoms with E-state index < -0.39 is 0 Å². The second kappa shape index (κ2) is 5.93. The molecule has 18 heavy (non-hydrogen) atoms. The van der Waals surface area contributed by atoms with E-state index in [1.807, 2.05) is 20.0 Å². The van der Waals surface area contributed by atoms with Crippen LogP contribution in [0.1, 0.15) is 18.5 Å². The summed E-state index contributed by atoms with van der Waals surface area (Å²) in [5.41, 5.74) is 0.924. The van der Waals surface area contributed by atoms with Crippen molar-refractivity contribution in [2.45, 2.75) is 23.0 Å². The smallest absolute Gasteiger partial charge is 0.192 e. The average Bonchev–Trinajstić information content (AvgIpc) is 2.41. The maximum absolute atomic E-state index is 13.9. The van der Waals surface area contributed by atoms with E-state index in [2.05, 4.69) is 15.3 Å². The van der Waals surface area contributed by atoms with Crippen molar-refractivity contribution in [3.8, 4) is 0 Å². The summed E-state index contributed by atoms with van der Waals surface area (Å²) < 4.78 is 13.9. The number of benzene rings is 1. The van der Waals surface area contributed by atoms with Crippen LogP contribution in [-0.2, 0) is 0 Å². The second-order valence-corrected chi connectivity index (χ2v) is 4.84. The topological polar surface area (TPSA) is 37.8 Å². The lowest BCUT2D eigenvalue weighted by molar-refractivity contribution is 0.587. The molecule has 0 saturated heterocycles. The number of hydrogen-bond donors (Lipinski definition) is 1. The quantitative estimate of drug-likeness (QED) is 0.860. The highest BCUT2D eigenvalue weighted by atomic mass is 32.2. The molecule has 1 unspecified atom stereocenters. The predicted molar refractivity (Wildman–Crippen MR) is 70.0 cm³/mol. The molecule has 2 aromatic rings. The number of nitrogens with one attached hydrogen (secondary N) is 1. The molecule has 94 valence electrons. The highest BCUT2D eigenvalue weighted by Gasteiger charge is 2.09. The monoisotopic (exact) mass is 263 g/mol. The van der Waals surface area contributed by atoms with Crippen LogP contribution in [0.3, 0.4) is 0 Å². The molecule has 3 nitrogen and oxygen atoms in total. The first kappa shape index (κ1) is 13.0. The first-order valence-electron chi connectivity index (χ1n) is 5.62. The van der Waals surface area contributed by atoms with E-state index in [1.54, 1.807) is 30.6 Å². The van der Waals surface area contributed by atoms with Crippen LogP contribution in [-0.4, -0.2) is 17.0 Å². The SMILES string of the molecule is CNC(C)c1ccc(Sc2ncccn2)c(F)c1. The Morgan fingerprint density at radius 3 is 2.61 bits per heavy atom. The largest absolute Gasteiger partial charge is 0.313 e. The fourth-order valence-corrected chi connectivity index (χ4v) is 2.19. The van der Waals surface area contributed by atoms with Gasteiger partial charge >= 0.3 is 0 Å². The van der Waals surface area contributed by atoms with Gasteiger partial charge in [-0.3, -0.25) is 0 Å². The molecule has 1 N–H and O–H groups in total. The van der Waals surface area contributed by atoms with Crippen LogP contribution in [0.15, 0.2) is 46.7 Å². The van der Waals surface area contributed by atoms with E-state index in [0.29, 0.717) is 10.1 Å². The van der Waals surface area contributed by atoms with Crippen molar-refractivity contribution < 1.29 is 4.39 Å². The minimum Gasteiger partial charge on any atom is -0.313 e. The molecule has 0 fully saturated rings. The summed E-state index contributed by atoms with van der Waals surface area (Å²) in [5.74, 6) is -0.243.